The van der Waals surface area contributed by atoms with Crippen molar-refractivity contribution in [1.82, 2.24) is 9.78 Å². The first-order valence-corrected chi connectivity index (χ1v) is 9.11. The smallest absolute Gasteiger partial charge is 0.276 e. The maximum Gasteiger partial charge on any atom is 0.276 e. The molecular weight excluding hydrogens is 359 g/mol. The number of hydrogen-bond donors (Lipinski definition) is 2. The summed E-state index contributed by atoms with van der Waals surface area (Å²) in [5.41, 5.74) is 9.18. The number of nitrogens with zero attached hydrogens (tertiary/aromatic N) is 2. The van der Waals surface area contributed by atoms with E-state index in [1.165, 1.54) is 12.1 Å². The van der Waals surface area contributed by atoms with Gasteiger partial charge in [0.25, 0.3) is 5.91 Å². The van der Waals surface area contributed by atoms with Gasteiger partial charge in [-0.1, -0.05) is 0 Å². The number of carbonyl (C=O) groups is 2. The van der Waals surface area contributed by atoms with Crippen LogP contribution in [0.5, 0.6) is 0 Å². The van der Waals surface area contributed by atoms with Crippen LogP contribution < -0.4 is 11.1 Å². The quantitative estimate of drug-likeness (QED) is 0.730. The lowest BCUT2D eigenvalue weighted by Gasteiger charge is -2.14. The molecule has 28 heavy (non-hydrogen) atoms. The predicted octanol–water partition coefficient (Wildman–Crippen LogP) is 3.24. The SMILES string of the molecule is NC(=O)c1ccc(NC(=O)c2nn(-c3ccc(F)cc3)c3c2CCCC3)cc1. The Bertz CT molecular complexity index is 1040. The molecule has 0 fully saturated rings. The van der Waals surface area contributed by atoms with Crippen LogP contribution >= 0.6 is 0 Å². The zero-order valence-electron chi connectivity index (χ0n) is 15.1. The molecule has 3 aromatic rings. The highest BCUT2D eigenvalue weighted by molar-refractivity contribution is 6.04. The second-order valence-electron chi connectivity index (χ2n) is 6.76. The minimum Gasteiger partial charge on any atom is -0.366 e. The number of anilines is 1. The van der Waals surface area contributed by atoms with Crippen molar-refractivity contribution in [1.29, 1.82) is 0 Å². The van der Waals surface area contributed by atoms with Crippen molar-refractivity contribution < 1.29 is 14.0 Å². The fourth-order valence-electron chi connectivity index (χ4n) is 3.49. The van der Waals surface area contributed by atoms with Gasteiger partial charge in [-0.25, -0.2) is 9.07 Å². The molecule has 0 radical (unpaired) electrons. The summed E-state index contributed by atoms with van der Waals surface area (Å²) in [7, 11) is 0. The lowest BCUT2D eigenvalue weighted by molar-refractivity contribution is 0.0997. The van der Waals surface area contributed by atoms with Crippen LogP contribution in [0.25, 0.3) is 5.69 Å². The van der Waals surface area contributed by atoms with Crippen molar-refractivity contribution in [2.24, 2.45) is 5.73 Å². The van der Waals surface area contributed by atoms with Gasteiger partial charge in [-0.2, -0.15) is 5.10 Å². The van der Waals surface area contributed by atoms with Crippen molar-refractivity contribution in [3.05, 3.63) is 76.9 Å². The first kappa shape index (κ1) is 17.9. The first-order chi connectivity index (χ1) is 13.5. The van der Waals surface area contributed by atoms with Crippen molar-refractivity contribution in [3.63, 3.8) is 0 Å². The molecule has 1 aliphatic carbocycles. The Balaban J connectivity index is 1.66. The zero-order chi connectivity index (χ0) is 19.7. The molecule has 2 amide bonds. The van der Waals surface area contributed by atoms with E-state index in [9.17, 15) is 14.0 Å². The first-order valence-electron chi connectivity index (χ1n) is 9.11. The summed E-state index contributed by atoms with van der Waals surface area (Å²) >= 11 is 0. The van der Waals surface area contributed by atoms with E-state index < -0.39 is 5.91 Å². The van der Waals surface area contributed by atoms with Gasteiger partial charge in [0.05, 0.1) is 5.69 Å². The summed E-state index contributed by atoms with van der Waals surface area (Å²) in [6.45, 7) is 0. The molecule has 0 bridgehead atoms. The minimum absolute atomic E-state index is 0.314. The van der Waals surface area contributed by atoms with Crippen LogP contribution in [0.2, 0.25) is 0 Å². The molecule has 0 unspecified atom stereocenters. The number of hydrogen-bond acceptors (Lipinski definition) is 3. The zero-order valence-corrected chi connectivity index (χ0v) is 15.1. The Morgan fingerprint density at radius 2 is 1.68 bits per heavy atom. The number of benzene rings is 2. The number of aromatic nitrogens is 2. The molecule has 0 saturated heterocycles. The van der Waals surface area contributed by atoms with Gasteiger partial charge in [-0.3, -0.25) is 9.59 Å². The summed E-state index contributed by atoms with van der Waals surface area (Å²) in [5.74, 6) is -1.15. The highest BCUT2D eigenvalue weighted by atomic mass is 19.1. The maximum atomic E-state index is 13.3. The molecule has 1 aromatic heterocycles. The van der Waals surface area contributed by atoms with E-state index in [1.807, 2.05) is 0 Å². The minimum atomic E-state index is -0.523. The molecule has 0 saturated carbocycles. The number of fused-ring (bicyclic) bond motifs is 1. The summed E-state index contributed by atoms with van der Waals surface area (Å²) in [5, 5.41) is 7.36. The van der Waals surface area contributed by atoms with Crippen molar-refractivity contribution in [2.45, 2.75) is 25.7 Å². The second kappa shape index (κ2) is 7.26. The van der Waals surface area contributed by atoms with Crippen LogP contribution in [0.3, 0.4) is 0 Å². The molecule has 0 atom stereocenters. The van der Waals surface area contributed by atoms with Gasteiger partial charge in [-0.15, -0.1) is 0 Å². The summed E-state index contributed by atoms with van der Waals surface area (Å²) in [6.07, 6.45) is 3.62. The Morgan fingerprint density at radius 3 is 2.36 bits per heavy atom. The number of nitrogens with one attached hydrogen (secondary N) is 1. The highest BCUT2D eigenvalue weighted by Gasteiger charge is 2.25. The standard InChI is InChI=1S/C21H19FN4O2/c22-14-7-11-16(12-8-14)26-18-4-2-1-3-17(18)19(25-26)21(28)24-15-9-5-13(6-10-15)20(23)27/h5-12H,1-4H2,(H2,23,27)(H,24,28). The van der Waals surface area contributed by atoms with Gasteiger partial charge in [0.2, 0.25) is 5.91 Å². The number of primary amides is 1. The molecule has 1 heterocycles. The third-order valence-electron chi connectivity index (χ3n) is 4.89. The fraction of sp³-hybridized carbons (Fsp3) is 0.190. The normalized spacial score (nSPS) is 13.0. The van der Waals surface area contributed by atoms with Crippen LogP contribution in [0.15, 0.2) is 48.5 Å². The van der Waals surface area contributed by atoms with Crippen molar-refractivity contribution in [3.8, 4) is 5.69 Å². The number of nitrogens with two attached hydrogens (primary N) is 1. The highest BCUT2D eigenvalue weighted by Crippen LogP contribution is 2.27. The van der Waals surface area contributed by atoms with E-state index in [0.29, 0.717) is 16.9 Å². The lowest BCUT2D eigenvalue weighted by atomic mass is 9.95. The molecule has 1 aliphatic rings. The molecule has 142 valence electrons. The van der Waals surface area contributed by atoms with E-state index in [2.05, 4.69) is 10.4 Å². The monoisotopic (exact) mass is 378 g/mol. The average Bonchev–Trinajstić information content (AvgIpc) is 3.09. The maximum absolute atomic E-state index is 13.3. The van der Waals surface area contributed by atoms with Gasteiger partial charge >= 0.3 is 0 Å². The van der Waals surface area contributed by atoms with Crippen LogP contribution in [-0.2, 0) is 12.8 Å². The second-order valence-corrected chi connectivity index (χ2v) is 6.76. The molecule has 0 aliphatic heterocycles. The molecule has 4 rings (SSSR count). The summed E-state index contributed by atoms with van der Waals surface area (Å²) < 4.78 is 15.0. The van der Waals surface area contributed by atoms with E-state index in [4.69, 9.17) is 5.73 Å². The van der Waals surface area contributed by atoms with Crippen molar-refractivity contribution >= 4 is 17.5 Å². The lowest BCUT2D eigenvalue weighted by Crippen LogP contribution is -2.16. The number of amides is 2. The fourth-order valence-corrected chi connectivity index (χ4v) is 3.49. The van der Waals surface area contributed by atoms with Gasteiger partial charge in [0, 0.05) is 22.5 Å². The van der Waals surface area contributed by atoms with Crippen LogP contribution in [0.1, 0.15) is 44.9 Å². The van der Waals surface area contributed by atoms with Crippen LogP contribution in [0.4, 0.5) is 10.1 Å². The van der Waals surface area contributed by atoms with Crippen LogP contribution in [0, 0.1) is 5.82 Å². The largest absolute Gasteiger partial charge is 0.366 e. The van der Waals surface area contributed by atoms with E-state index in [-0.39, 0.29) is 11.7 Å². The van der Waals surface area contributed by atoms with E-state index >= 15 is 0 Å². The van der Waals surface area contributed by atoms with Gasteiger partial charge in [0.15, 0.2) is 5.69 Å². The van der Waals surface area contributed by atoms with Gasteiger partial charge in [0.1, 0.15) is 5.82 Å². The van der Waals surface area contributed by atoms with Crippen LogP contribution in [-0.4, -0.2) is 21.6 Å². The third-order valence-corrected chi connectivity index (χ3v) is 4.89. The molecular formula is C21H19FN4O2. The summed E-state index contributed by atoms with van der Waals surface area (Å²) in [6, 6.07) is 12.4. The Morgan fingerprint density at radius 1 is 1.00 bits per heavy atom. The number of halogens is 1. The number of rotatable bonds is 4. The molecule has 7 heteroatoms. The Labute approximate surface area is 161 Å². The summed E-state index contributed by atoms with van der Waals surface area (Å²) in [4.78, 5) is 24.0. The van der Waals surface area contributed by atoms with E-state index in [1.54, 1.807) is 41.1 Å². The van der Waals surface area contributed by atoms with Crippen molar-refractivity contribution in [2.75, 3.05) is 5.32 Å². The topological polar surface area (TPSA) is 90.0 Å². The Hall–Kier alpha value is -3.48. The molecule has 2 aromatic carbocycles. The Kier molecular flexibility index (Phi) is 4.65. The van der Waals surface area contributed by atoms with Gasteiger partial charge < -0.3 is 11.1 Å². The predicted molar refractivity (Wildman–Crippen MR) is 103 cm³/mol. The number of carbonyl (C=O) groups excluding carboxylic acids is 2. The van der Waals surface area contributed by atoms with E-state index in [0.717, 1.165) is 42.6 Å². The molecule has 6 nitrogen and oxygen atoms in total. The molecule has 3 N–H and O–H groups in total. The molecule has 0 spiro atoms. The van der Waals surface area contributed by atoms with Gasteiger partial charge in [-0.05, 0) is 74.2 Å². The average molecular weight is 378 g/mol. The third kappa shape index (κ3) is 3.38.